The molecule has 1 aromatic carbocycles. The van der Waals surface area contributed by atoms with Gasteiger partial charge < -0.3 is 5.11 Å². The summed E-state index contributed by atoms with van der Waals surface area (Å²) in [6, 6.07) is 4.12. The van der Waals surface area contributed by atoms with Gasteiger partial charge in [0, 0.05) is 18.3 Å². The lowest BCUT2D eigenvalue weighted by molar-refractivity contribution is 0.367. The molecular weight excluding hydrogens is 258 g/mol. The normalized spacial score (nSPS) is 17.5. The van der Waals surface area contributed by atoms with Crippen molar-refractivity contribution in [3.05, 3.63) is 28.8 Å². The van der Waals surface area contributed by atoms with E-state index in [1.807, 2.05) is 19.2 Å². The number of rotatable bonds is 3. The van der Waals surface area contributed by atoms with Gasteiger partial charge in [0.1, 0.15) is 5.75 Å². The minimum atomic E-state index is -0.0518. The Bertz CT molecular complexity index is 505. The minimum Gasteiger partial charge on any atom is -0.507 e. The number of benzene rings is 1. The van der Waals surface area contributed by atoms with Crippen LogP contribution in [0.1, 0.15) is 69.6 Å². The first-order valence-electron chi connectivity index (χ1n) is 8.22. The molecule has 0 aliphatic heterocycles. The molecule has 1 aliphatic carbocycles. The highest BCUT2D eigenvalue weighted by atomic mass is 16.3. The van der Waals surface area contributed by atoms with Gasteiger partial charge in [0.25, 0.3) is 0 Å². The number of phenolic OH excluding ortho intramolecular Hbond substituents is 1. The Morgan fingerprint density at radius 1 is 1.19 bits per heavy atom. The zero-order valence-electron chi connectivity index (χ0n) is 13.9. The second-order valence-electron chi connectivity index (χ2n) is 7.44. The number of aryl methyl sites for hydroxylation is 1. The van der Waals surface area contributed by atoms with E-state index in [2.05, 4.69) is 31.8 Å². The van der Waals surface area contributed by atoms with Gasteiger partial charge in [-0.15, -0.1) is 0 Å². The van der Waals surface area contributed by atoms with Crippen LogP contribution in [0.25, 0.3) is 0 Å². The maximum atomic E-state index is 10.6. The fourth-order valence-electron chi connectivity index (χ4n) is 3.14. The molecule has 2 rings (SSSR count). The highest BCUT2D eigenvalue weighted by Crippen LogP contribution is 2.34. The molecule has 0 radical (unpaired) electrons. The van der Waals surface area contributed by atoms with Crippen LogP contribution in [0.2, 0.25) is 0 Å². The van der Waals surface area contributed by atoms with Gasteiger partial charge in [0.15, 0.2) is 0 Å². The van der Waals surface area contributed by atoms with Crippen LogP contribution >= 0.6 is 0 Å². The molecule has 0 saturated heterocycles. The van der Waals surface area contributed by atoms with E-state index in [1.165, 1.54) is 32.1 Å². The monoisotopic (exact) mass is 287 g/mol. The molecule has 1 fully saturated rings. The lowest BCUT2D eigenvalue weighted by atomic mass is 9.84. The molecule has 0 spiro atoms. The van der Waals surface area contributed by atoms with Crippen molar-refractivity contribution in [2.24, 2.45) is 10.9 Å². The summed E-state index contributed by atoms with van der Waals surface area (Å²) in [5, 5.41) is 10.6. The first-order chi connectivity index (χ1) is 9.89. The molecule has 116 valence electrons. The molecule has 1 aliphatic rings. The van der Waals surface area contributed by atoms with Crippen LogP contribution in [0.5, 0.6) is 5.75 Å². The van der Waals surface area contributed by atoms with Gasteiger partial charge in [-0.1, -0.05) is 52.2 Å². The van der Waals surface area contributed by atoms with Crippen molar-refractivity contribution < 1.29 is 5.11 Å². The van der Waals surface area contributed by atoms with Crippen molar-refractivity contribution >= 4 is 6.21 Å². The topological polar surface area (TPSA) is 32.6 Å². The fraction of sp³-hybridized carbons (Fsp3) is 0.632. The second-order valence-corrected chi connectivity index (χ2v) is 7.44. The summed E-state index contributed by atoms with van der Waals surface area (Å²) in [5.74, 6) is 1.14. The third-order valence-electron chi connectivity index (χ3n) is 4.55. The fourth-order valence-corrected chi connectivity index (χ4v) is 3.14. The van der Waals surface area contributed by atoms with E-state index in [4.69, 9.17) is 0 Å². The number of aromatic hydroxyl groups is 1. The van der Waals surface area contributed by atoms with Gasteiger partial charge in [0.2, 0.25) is 0 Å². The smallest absolute Gasteiger partial charge is 0.128 e. The van der Waals surface area contributed by atoms with Gasteiger partial charge >= 0.3 is 0 Å². The van der Waals surface area contributed by atoms with E-state index in [9.17, 15) is 5.11 Å². The Labute approximate surface area is 129 Å². The molecule has 2 nitrogen and oxygen atoms in total. The van der Waals surface area contributed by atoms with Crippen LogP contribution < -0.4 is 0 Å². The number of hydrogen-bond acceptors (Lipinski definition) is 2. The third-order valence-corrected chi connectivity index (χ3v) is 4.55. The van der Waals surface area contributed by atoms with E-state index < -0.39 is 0 Å². The highest BCUT2D eigenvalue weighted by molar-refractivity contribution is 5.86. The molecule has 0 aromatic heterocycles. The second kappa shape index (κ2) is 6.64. The summed E-state index contributed by atoms with van der Waals surface area (Å²) in [5.41, 5.74) is 2.92. The van der Waals surface area contributed by atoms with Crippen LogP contribution in [-0.4, -0.2) is 17.9 Å². The first-order valence-corrected chi connectivity index (χ1v) is 8.22. The number of phenols is 1. The lowest BCUT2D eigenvalue weighted by Crippen LogP contribution is -2.13. The van der Waals surface area contributed by atoms with Gasteiger partial charge in [-0.25, -0.2) is 0 Å². The molecule has 0 heterocycles. The molecular formula is C19H29NO. The standard InChI is InChI=1S/C19H29NO/c1-14-10-11-17(19(2,3)4)18(21)16(14)13-20-12-15-8-6-5-7-9-15/h10-11,13,15,21H,5-9,12H2,1-4H3. The van der Waals surface area contributed by atoms with E-state index in [-0.39, 0.29) is 5.41 Å². The average Bonchev–Trinajstić information content (AvgIpc) is 2.42. The maximum Gasteiger partial charge on any atom is 0.128 e. The summed E-state index contributed by atoms with van der Waals surface area (Å²) in [4.78, 5) is 4.63. The predicted molar refractivity (Wildman–Crippen MR) is 90.6 cm³/mol. The lowest BCUT2D eigenvalue weighted by Gasteiger charge is -2.22. The summed E-state index contributed by atoms with van der Waals surface area (Å²) < 4.78 is 0. The molecule has 0 atom stereocenters. The molecule has 0 amide bonds. The predicted octanol–water partition coefficient (Wildman–Crippen LogP) is 5.00. The Hall–Kier alpha value is -1.31. The van der Waals surface area contributed by atoms with Crippen LogP contribution in [0.4, 0.5) is 0 Å². The summed E-state index contributed by atoms with van der Waals surface area (Å²) >= 11 is 0. The Kier molecular flexibility index (Phi) is 5.08. The zero-order valence-corrected chi connectivity index (χ0v) is 13.9. The van der Waals surface area contributed by atoms with Gasteiger partial charge in [-0.3, -0.25) is 4.99 Å². The van der Waals surface area contributed by atoms with Crippen molar-refractivity contribution in [1.82, 2.24) is 0 Å². The number of hydrogen-bond donors (Lipinski definition) is 1. The van der Waals surface area contributed by atoms with Crippen LogP contribution in [0, 0.1) is 12.8 Å². The van der Waals surface area contributed by atoms with E-state index >= 15 is 0 Å². The molecule has 1 aromatic rings. The van der Waals surface area contributed by atoms with Gasteiger partial charge in [-0.05, 0) is 42.2 Å². The van der Waals surface area contributed by atoms with E-state index in [0.717, 1.165) is 29.2 Å². The van der Waals surface area contributed by atoms with E-state index in [0.29, 0.717) is 5.75 Å². The molecule has 21 heavy (non-hydrogen) atoms. The molecule has 0 unspecified atom stereocenters. The first kappa shape index (κ1) is 16.1. The Balaban J connectivity index is 2.15. The summed E-state index contributed by atoms with van der Waals surface area (Å²) in [7, 11) is 0. The van der Waals surface area contributed by atoms with Crippen LogP contribution in [-0.2, 0) is 5.41 Å². The van der Waals surface area contributed by atoms with Crippen LogP contribution in [0.3, 0.4) is 0 Å². The average molecular weight is 287 g/mol. The maximum absolute atomic E-state index is 10.6. The van der Waals surface area contributed by atoms with Gasteiger partial charge in [0.05, 0.1) is 0 Å². The molecule has 0 bridgehead atoms. The quantitative estimate of drug-likeness (QED) is 0.780. The van der Waals surface area contributed by atoms with E-state index in [1.54, 1.807) is 0 Å². The van der Waals surface area contributed by atoms with Crippen molar-refractivity contribution in [2.75, 3.05) is 6.54 Å². The van der Waals surface area contributed by atoms with Crippen molar-refractivity contribution in [1.29, 1.82) is 0 Å². The van der Waals surface area contributed by atoms with Crippen molar-refractivity contribution in [3.8, 4) is 5.75 Å². The summed E-state index contributed by atoms with van der Waals surface area (Å²) in [6.45, 7) is 9.31. The minimum absolute atomic E-state index is 0.0518. The third kappa shape index (κ3) is 4.09. The molecule has 1 saturated carbocycles. The zero-order chi connectivity index (χ0) is 15.5. The van der Waals surface area contributed by atoms with Crippen LogP contribution in [0.15, 0.2) is 17.1 Å². The number of aliphatic imine (C=N–C) groups is 1. The van der Waals surface area contributed by atoms with Crippen molar-refractivity contribution in [2.45, 2.75) is 65.2 Å². The Morgan fingerprint density at radius 2 is 1.86 bits per heavy atom. The molecule has 2 heteroatoms. The highest BCUT2D eigenvalue weighted by Gasteiger charge is 2.20. The largest absolute Gasteiger partial charge is 0.507 e. The van der Waals surface area contributed by atoms with Gasteiger partial charge in [-0.2, -0.15) is 0 Å². The Morgan fingerprint density at radius 3 is 2.48 bits per heavy atom. The SMILES string of the molecule is Cc1ccc(C(C)(C)C)c(O)c1C=NCC1CCCCC1. The summed E-state index contributed by atoms with van der Waals surface area (Å²) in [6.07, 6.45) is 8.59. The number of nitrogens with zero attached hydrogens (tertiary/aromatic N) is 1. The molecule has 1 N–H and O–H groups in total. The van der Waals surface area contributed by atoms with Crippen molar-refractivity contribution in [3.63, 3.8) is 0 Å².